The summed E-state index contributed by atoms with van der Waals surface area (Å²) < 4.78 is 0. The lowest BCUT2D eigenvalue weighted by atomic mass is 10.0. The summed E-state index contributed by atoms with van der Waals surface area (Å²) in [6, 6.07) is 6.05. The molecule has 1 aliphatic carbocycles. The van der Waals surface area contributed by atoms with Crippen molar-refractivity contribution in [3.8, 4) is 0 Å². The lowest BCUT2D eigenvalue weighted by Gasteiger charge is -2.36. The molecule has 1 aromatic heterocycles. The number of aromatic amines is 1. The Morgan fingerprint density at radius 2 is 1.81 bits per heavy atom. The number of aromatic nitrogens is 1. The fraction of sp³-hybridized carbons (Fsp3) is 0.481. The molecule has 0 spiro atoms. The third kappa shape index (κ3) is 5.61. The minimum atomic E-state index is -0.327. The maximum absolute atomic E-state index is 13.4. The summed E-state index contributed by atoms with van der Waals surface area (Å²) in [6.45, 7) is 7.97. The number of nitrogens with one attached hydrogen (secondary N) is 4. The average Bonchev–Trinajstić information content (AvgIpc) is 3.36. The predicted molar refractivity (Wildman–Crippen MR) is 142 cm³/mol. The van der Waals surface area contributed by atoms with Gasteiger partial charge in [-0.2, -0.15) is 0 Å². The third-order valence-electron chi connectivity index (χ3n) is 7.28. The molecule has 4 N–H and O–H groups in total. The van der Waals surface area contributed by atoms with E-state index in [0.717, 1.165) is 35.5 Å². The minimum Gasteiger partial charge on any atom is -0.382 e. The lowest BCUT2D eigenvalue weighted by molar-refractivity contribution is -0.129. The lowest BCUT2D eigenvalue weighted by Crippen LogP contribution is -2.48. The Morgan fingerprint density at radius 3 is 2.42 bits per heavy atom. The summed E-state index contributed by atoms with van der Waals surface area (Å²) in [6.07, 6.45) is 5.70. The first kappa shape index (κ1) is 25.5. The SMILES string of the molecule is CC(=O)N1CCN(c2cc(NC3CCCC3)c(C=N)c(C(=O)NCc3c(C)cc(C)[nH]c3=O)c2)CC1. The highest BCUT2D eigenvalue weighted by Crippen LogP contribution is 2.31. The second-order valence-corrected chi connectivity index (χ2v) is 9.84. The monoisotopic (exact) mass is 492 g/mol. The molecule has 1 saturated heterocycles. The Labute approximate surface area is 211 Å². The van der Waals surface area contributed by atoms with Gasteiger partial charge in [0.15, 0.2) is 0 Å². The van der Waals surface area contributed by atoms with E-state index in [1.54, 1.807) is 6.92 Å². The number of benzene rings is 1. The molecule has 192 valence electrons. The fourth-order valence-corrected chi connectivity index (χ4v) is 5.22. The largest absolute Gasteiger partial charge is 0.382 e. The number of anilines is 2. The van der Waals surface area contributed by atoms with Gasteiger partial charge in [-0.15, -0.1) is 0 Å². The number of hydrogen-bond acceptors (Lipinski definition) is 6. The van der Waals surface area contributed by atoms with E-state index in [-0.39, 0.29) is 23.9 Å². The van der Waals surface area contributed by atoms with Crippen molar-refractivity contribution in [3.05, 3.63) is 56.5 Å². The zero-order valence-corrected chi connectivity index (χ0v) is 21.4. The Kier molecular flexibility index (Phi) is 7.76. The van der Waals surface area contributed by atoms with E-state index in [4.69, 9.17) is 5.41 Å². The molecule has 2 amide bonds. The molecule has 1 saturated carbocycles. The molecular formula is C27H36N6O3. The molecule has 0 atom stereocenters. The number of nitrogens with zero attached hydrogens (tertiary/aromatic N) is 2. The summed E-state index contributed by atoms with van der Waals surface area (Å²) >= 11 is 0. The Morgan fingerprint density at radius 1 is 1.11 bits per heavy atom. The van der Waals surface area contributed by atoms with E-state index in [1.807, 2.05) is 36.9 Å². The van der Waals surface area contributed by atoms with Gasteiger partial charge < -0.3 is 30.8 Å². The molecule has 36 heavy (non-hydrogen) atoms. The summed E-state index contributed by atoms with van der Waals surface area (Å²) in [7, 11) is 0. The molecule has 2 aromatic rings. The van der Waals surface area contributed by atoms with Gasteiger partial charge in [-0.3, -0.25) is 14.4 Å². The van der Waals surface area contributed by atoms with Crippen LogP contribution in [-0.2, 0) is 11.3 Å². The van der Waals surface area contributed by atoms with Crippen molar-refractivity contribution >= 4 is 29.4 Å². The van der Waals surface area contributed by atoms with Crippen LogP contribution < -0.4 is 21.1 Å². The number of pyridine rings is 1. The predicted octanol–water partition coefficient (Wildman–Crippen LogP) is 2.94. The van der Waals surface area contributed by atoms with Crippen LogP contribution in [0.1, 0.15) is 65.3 Å². The number of aryl methyl sites for hydroxylation is 2. The van der Waals surface area contributed by atoms with Gasteiger partial charge >= 0.3 is 0 Å². The molecule has 0 radical (unpaired) electrons. The molecule has 2 fully saturated rings. The molecule has 9 nitrogen and oxygen atoms in total. The van der Waals surface area contributed by atoms with Crippen LogP contribution in [0, 0.1) is 19.3 Å². The molecule has 1 aromatic carbocycles. The Balaban J connectivity index is 1.63. The maximum atomic E-state index is 13.4. The standard InChI is InChI=1S/C27H36N6O3/c1-17-12-18(2)30-27(36)24(17)16-29-26(35)22-13-21(33-10-8-32(9-11-33)19(3)34)14-25(23(22)15-28)31-20-6-4-5-7-20/h12-15,20,28,31H,4-11,16H2,1-3H3,(H,29,35)(H,30,36). The number of H-pyrrole nitrogens is 1. The van der Waals surface area contributed by atoms with Gasteiger partial charge in [-0.25, -0.2) is 0 Å². The number of carbonyl (C=O) groups excluding carboxylic acids is 2. The number of hydrogen-bond donors (Lipinski definition) is 4. The van der Waals surface area contributed by atoms with E-state index in [9.17, 15) is 14.4 Å². The summed E-state index contributed by atoms with van der Waals surface area (Å²) in [5.74, 6) is -0.259. The summed E-state index contributed by atoms with van der Waals surface area (Å²) in [5, 5.41) is 14.6. The van der Waals surface area contributed by atoms with Crippen LogP contribution in [0.15, 0.2) is 23.0 Å². The van der Waals surface area contributed by atoms with Crippen LogP contribution in [0.5, 0.6) is 0 Å². The highest BCUT2D eigenvalue weighted by Gasteiger charge is 2.24. The van der Waals surface area contributed by atoms with Crippen LogP contribution in [-0.4, -0.2) is 60.1 Å². The topological polar surface area (TPSA) is 121 Å². The van der Waals surface area contributed by atoms with Crippen molar-refractivity contribution in [2.75, 3.05) is 36.4 Å². The molecule has 0 unspecified atom stereocenters. The van der Waals surface area contributed by atoms with Gasteiger partial charge in [0.25, 0.3) is 11.5 Å². The number of carbonyl (C=O) groups is 2. The third-order valence-corrected chi connectivity index (χ3v) is 7.28. The number of rotatable bonds is 7. The Bertz CT molecular complexity index is 1210. The van der Waals surface area contributed by atoms with Crippen molar-refractivity contribution in [2.45, 2.75) is 59.0 Å². The van der Waals surface area contributed by atoms with Gasteiger partial charge in [-0.05, 0) is 50.5 Å². The van der Waals surface area contributed by atoms with E-state index in [0.29, 0.717) is 48.9 Å². The quantitative estimate of drug-likeness (QED) is 0.443. The van der Waals surface area contributed by atoms with Crippen molar-refractivity contribution in [3.63, 3.8) is 0 Å². The zero-order chi connectivity index (χ0) is 25.8. The van der Waals surface area contributed by atoms with E-state index in [2.05, 4.69) is 20.5 Å². The van der Waals surface area contributed by atoms with Crippen LogP contribution in [0.4, 0.5) is 11.4 Å². The first-order valence-electron chi connectivity index (χ1n) is 12.7. The zero-order valence-electron chi connectivity index (χ0n) is 21.4. The number of piperazine rings is 1. The fourth-order valence-electron chi connectivity index (χ4n) is 5.22. The van der Waals surface area contributed by atoms with E-state index in [1.165, 1.54) is 19.1 Å². The molecular weight excluding hydrogens is 456 g/mol. The molecule has 2 heterocycles. The second kappa shape index (κ2) is 11.0. The normalized spacial score (nSPS) is 16.2. The second-order valence-electron chi connectivity index (χ2n) is 9.84. The smallest absolute Gasteiger partial charge is 0.253 e. The first-order valence-corrected chi connectivity index (χ1v) is 12.7. The van der Waals surface area contributed by atoms with Gasteiger partial charge in [0.2, 0.25) is 5.91 Å². The van der Waals surface area contributed by atoms with Crippen molar-refractivity contribution in [2.24, 2.45) is 0 Å². The summed E-state index contributed by atoms with van der Waals surface area (Å²) in [5.41, 5.74) is 4.52. The van der Waals surface area contributed by atoms with Crippen LogP contribution in [0.3, 0.4) is 0 Å². The average molecular weight is 493 g/mol. The highest BCUT2D eigenvalue weighted by molar-refractivity contribution is 6.06. The van der Waals surface area contributed by atoms with Crippen LogP contribution >= 0.6 is 0 Å². The van der Waals surface area contributed by atoms with Gasteiger partial charge in [0.05, 0.1) is 5.56 Å². The molecule has 1 aliphatic heterocycles. The van der Waals surface area contributed by atoms with E-state index >= 15 is 0 Å². The molecule has 0 bridgehead atoms. The van der Waals surface area contributed by atoms with Gasteiger partial charge in [-0.1, -0.05) is 12.8 Å². The van der Waals surface area contributed by atoms with Crippen LogP contribution in [0.2, 0.25) is 0 Å². The van der Waals surface area contributed by atoms with Crippen molar-refractivity contribution < 1.29 is 9.59 Å². The van der Waals surface area contributed by atoms with Crippen molar-refractivity contribution in [1.29, 1.82) is 5.41 Å². The van der Waals surface area contributed by atoms with Gasteiger partial charge in [0, 0.05) is 80.1 Å². The Hall–Kier alpha value is -3.62. The summed E-state index contributed by atoms with van der Waals surface area (Å²) in [4.78, 5) is 44.4. The molecule has 9 heteroatoms. The van der Waals surface area contributed by atoms with Crippen LogP contribution in [0.25, 0.3) is 0 Å². The first-order chi connectivity index (χ1) is 17.3. The van der Waals surface area contributed by atoms with Crippen molar-refractivity contribution in [1.82, 2.24) is 15.2 Å². The molecule has 2 aliphatic rings. The molecule has 4 rings (SSSR count). The minimum absolute atomic E-state index is 0.0684. The number of amides is 2. The highest BCUT2D eigenvalue weighted by atomic mass is 16.2. The van der Waals surface area contributed by atoms with Gasteiger partial charge in [0.1, 0.15) is 0 Å². The van der Waals surface area contributed by atoms with E-state index < -0.39 is 0 Å². The maximum Gasteiger partial charge on any atom is 0.253 e.